The minimum atomic E-state index is 0.460. The maximum atomic E-state index is 5.87. The standard InChI is InChI=1S/C12H20ClN3/c1-4-6-7-16(10(3)5-2)12-9-14-8-11(13)15-12/h8-10H,4-7H2,1-3H3. The fourth-order valence-corrected chi connectivity index (χ4v) is 1.72. The van der Waals surface area contributed by atoms with E-state index in [1.807, 2.05) is 0 Å². The molecule has 1 unspecified atom stereocenters. The summed E-state index contributed by atoms with van der Waals surface area (Å²) in [5.74, 6) is 0.885. The molecule has 0 aliphatic carbocycles. The Labute approximate surface area is 103 Å². The Morgan fingerprint density at radius 3 is 2.69 bits per heavy atom. The third kappa shape index (κ3) is 3.63. The lowest BCUT2D eigenvalue weighted by molar-refractivity contribution is 0.588. The Balaban J connectivity index is 2.82. The Bertz CT molecular complexity index is 317. The maximum absolute atomic E-state index is 5.87. The van der Waals surface area contributed by atoms with E-state index in [1.165, 1.54) is 12.8 Å². The predicted octanol–water partition coefficient (Wildman–Crippen LogP) is 3.54. The van der Waals surface area contributed by atoms with Crippen molar-refractivity contribution in [1.82, 2.24) is 9.97 Å². The van der Waals surface area contributed by atoms with E-state index in [-0.39, 0.29) is 0 Å². The molecule has 0 aliphatic heterocycles. The van der Waals surface area contributed by atoms with Gasteiger partial charge in [-0.2, -0.15) is 0 Å². The van der Waals surface area contributed by atoms with Gasteiger partial charge in [0, 0.05) is 12.6 Å². The lowest BCUT2D eigenvalue weighted by Crippen LogP contribution is -2.34. The van der Waals surface area contributed by atoms with Crippen molar-refractivity contribution in [2.24, 2.45) is 0 Å². The van der Waals surface area contributed by atoms with Crippen LogP contribution in [-0.2, 0) is 0 Å². The first-order valence-corrected chi connectivity index (χ1v) is 6.31. The van der Waals surface area contributed by atoms with E-state index in [0.29, 0.717) is 11.2 Å². The van der Waals surface area contributed by atoms with Crippen LogP contribution in [0.4, 0.5) is 5.82 Å². The zero-order valence-electron chi connectivity index (χ0n) is 10.3. The molecule has 0 N–H and O–H groups in total. The minimum absolute atomic E-state index is 0.460. The van der Waals surface area contributed by atoms with E-state index in [1.54, 1.807) is 12.4 Å². The van der Waals surface area contributed by atoms with Crippen LogP contribution >= 0.6 is 11.6 Å². The molecule has 0 spiro atoms. The van der Waals surface area contributed by atoms with Crippen molar-refractivity contribution >= 4 is 17.4 Å². The maximum Gasteiger partial charge on any atom is 0.149 e. The molecule has 0 saturated carbocycles. The summed E-state index contributed by atoms with van der Waals surface area (Å²) in [6.07, 6.45) is 6.80. The number of hydrogen-bond donors (Lipinski definition) is 0. The molecular weight excluding hydrogens is 222 g/mol. The summed E-state index contributed by atoms with van der Waals surface area (Å²) >= 11 is 5.87. The van der Waals surface area contributed by atoms with Crippen LogP contribution in [0.3, 0.4) is 0 Å². The molecule has 90 valence electrons. The van der Waals surface area contributed by atoms with Gasteiger partial charge in [0.15, 0.2) is 0 Å². The van der Waals surface area contributed by atoms with Crippen molar-refractivity contribution in [3.8, 4) is 0 Å². The molecule has 0 aromatic carbocycles. The van der Waals surface area contributed by atoms with E-state index in [0.717, 1.165) is 18.8 Å². The van der Waals surface area contributed by atoms with Crippen LogP contribution in [0.5, 0.6) is 0 Å². The van der Waals surface area contributed by atoms with Crippen molar-refractivity contribution in [2.75, 3.05) is 11.4 Å². The summed E-state index contributed by atoms with van der Waals surface area (Å²) in [5, 5.41) is 0.460. The first-order chi connectivity index (χ1) is 7.69. The number of anilines is 1. The minimum Gasteiger partial charge on any atom is -0.353 e. The molecule has 0 fully saturated rings. The van der Waals surface area contributed by atoms with Gasteiger partial charge in [0.2, 0.25) is 0 Å². The van der Waals surface area contributed by atoms with Gasteiger partial charge in [0.25, 0.3) is 0 Å². The smallest absolute Gasteiger partial charge is 0.149 e. The number of unbranched alkanes of at least 4 members (excludes halogenated alkanes) is 1. The highest BCUT2D eigenvalue weighted by Crippen LogP contribution is 2.17. The van der Waals surface area contributed by atoms with Gasteiger partial charge in [-0.25, -0.2) is 4.98 Å². The van der Waals surface area contributed by atoms with Crippen LogP contribution in [0.2, 0.25) is 5.15 Å². The van der Waals surface area contributed by atoms with Gasteiger partial charge in [-0.05, 0) is 19.8 Å². The molecule has 0 bridgehead atoms. The number of aromatic nitrogens is 2. The van der Waals surface area contributed by atoms with Crippen LogP contribution < -0.4 is 4.90 Å². The highest BCUT2D eigenvalue weighted by atomic mass is 35.5. The van der Waals surface area contributed by atoms with Crippen LogP contribution in [0.1, 0.15) is 40.0 Å². The van der Waals surface area contributed by atoms with Gasteiger partial charge < -0.3 is 4.90 Å². The van der Waals surface area contributed by atoms with E-state index < -0.39 is 0 Å². The fraction of sp³-hybridized carbons (Fsp3) is 0.667. The van der Waals surface area contributed by atoms with E-state index in [2.05, 4.69) is 35.6 Å². The average Bonchev–Trinajstić information content (AvgIpc) is 2.29. The predicted molar refractivity (Wildman–Crippen MR) is 69.0 cm³/mol. The van der Waals surface area contributed by atoms with Crippen molar-refractivity contribution in [3.63, 3.8) is 0 Å². The molecule has 0 amide bonds. The zero-order chi connectivity index (χ0) is 12.0. The highest BCUT2D eigenvalue weighted by molar-refractivity contribution is 6.29. The van der Waals surface area contributed by atoms with Gasteiger partial charge in [-0.1, -0.05) is 31.9 Å². The average molecular weight is 242 g/mol. The molecule has 1 aromatic heterocycles. The van der Waals surface area contributed by atoms with Crippen molar-refractivity contribution < 1.29 is 0 Å². The van der Waals surface area contributed by atoms with Crippen molar-refractivity contribution in [1.29, 1.82) is 0 Å². The second-order valence-electron chi connectivity index (χ2n) is 4.00. The monoisotopic (exact) mass is 241 g/mol. The van der Waals surface area contributed by atoms with Gasteiger partial charge in [0.1, 0.15) is 11.0 Å². The normalized spacial score (nSPS) is 12.5. The Hall–Kier alpha value is -0.830. The number of hydrogen-bond acceptors (Lipinski definition) is 3. The van der Waals surface area contributed by atoms with Crippen molar-refractivity contribution in [3.05, 3.63) is 17.5 Å². The van der Waals surface area contributed by atoms with E-state index >= 15 is 0 Å². The second-order valence-corrected chi connectivity index (χ2v) is 4.39. The van der Waals surface area contributed by atoms with Gasteiger partial charge in [-0.3, -0.25) is 4.98 Å². The molecule has 1 aromatic rings. The summed E-state index contributed by atoms with van der Waals surface area (Å²) in [6, 6.07) is 0.472. The van der Waals surface area contributed by atoms with Crippen LogP contribution in [-0.4, -0.2) is 22.6 Å². The Morgan fingerprint density at radius 2 is 2.12 bits per heavy atom. The van der Waals surface area contributed by atoms with Crippen LogP contribution in [0.25, 0.3) is 0 Å². The van der Waals surface area contributed by atoms with Crippen LogP contribution in [0, 0.1) is 0 Å². The lowest BCUT2D eigenvalue weighted by atomic mass is 10.2. The van der Waals surface area contributed by atoms with Gasteiger partial charge in [0.05, 0.1) is 12.4 Å². The van der Waals surface area contributed by atoms with Crippen molar-refractivity contribution in [2.45, 2.75) is 46.1 Å². The molecule has 0 radical (unpaired) electrons. The molecule has 4 heteroatoms. The largest absolute Gasteiger partial charge is 0.353 e. The Morgan fingerprint density at radius 1 is 1.38 bits per heavy atom. The summed E-state index contributed by atoms with van der Waals surface area (Å²) in [6.45, 7) is 7.60. The SMILES string of the molecule is CCCCN(c1cncc(Cl)n1)C(C)CC. The van der Waals surface area contributed by atoms with E-state index in [9.17, 15) is 0 Å². The summed E-state index contributed by atoms with van der Waals surface area (Å²) < 4.78 is 0. The second kappa shape index (κ2) is 6.69. The Kier molecular flexibility index (Phi) is 5.53. The first kappa shape index (κ1) is 13.2. The number of rotatable bonds is 6. The molecule has 16 heavy (non-hydrogen) atoms. The molecule has 0 aliphatic rings. The first-order valence-electron chi connectivity index (χ1n) is 5.93. The third-order valence-corrected chi connectivity index (χ3v) is 2.94. The quantitative estimate of drug-likeness (QED) is 0.763. The van der Waals surface area contributed by atoms with Gasteiger partial charge in [-0.15, -0.1) is 0 Å². The molecule has 1 rings (SSSR count). The van der Waals surface area contributed by atoms with Crippen LogP contribution in [0.15, 0.2) is 12.4 Å². The summed E-state index contributed by atoms with van der Waals surface area (Å²) in [5.41, 5.74) is 0. The molecule has 0 saturated heterocycles. The molecule has 3 nitrogen and oxygen atoms in total. The molecular formula is C12H20ClN3. The third-order valence-electron chi connectivity index (χ3n) is 2.76. The topological polar surface area (TPSA) is 29.0 Å². The molecule has 1 atom stereocenters. The lowest BCUT2D eigenvalue weighted by Gasteiger charge is -2.29. The summed E-state index contributed by atoms with van der Waals surface area (Å²) in [7, 11) is 0. The highest BCUT2D eigenvalue weighted by Gasteiger charge is 2.14. The molecule has 1 heterocycles. The fourth-order valence-electron chi connectivity index (χ4n) is 1.58. The number of nitrogens with zero attached hydrogens (tertiary/aromatic N) is 3. The zero-order valence-corrected chi connectivity index (χ0v) is 11.0. The number of halogens is 1. The van der Waals surface area contributed by atoms with Gasteiger partial charge >= 0.3 is 0 Å². The summed E-state index contributed by atoms with van der Waals surface area (Å²) in [4.78, 5) is 10.7. The van der Waals surface area contributed by atoms with E-state index in [4.69, 9.17) is 11.6 Å².